The molecule has 15 heavy (non-hydrogen) atoms. The zero-order chi connectivity index (χ0) is 11.4. The van der Waals surface area contributed by atoms with Crippen LogP contribution in [0.2, 0.25) is 0 Å². The summed E-state index contributed by atoms with van der Waals surface area (Å²) in [4.78, 5) is 23.9. The first-order valence-electron chi connectivity index (χ1n) is 5.03. The Hall–Kier alpha value is -1.14. The predicted octanol–water partition coefficient (Wildman–Crippen LogP) is -0.973. The average Bonchev–Trinajstić information content (AvgIpc) is 2.62. The van der Waals surface area contributed by atoms with Gasteiger partial charge in [-0.25, -0.2) is 4.79 Å². The highest BCUT2D eigenvalue weighted by Crippen LogP contribution is 2.19. The number of likely N-dealkylation sites (tertiary alicyclic amines) is 1. The Morgan fingerprint density at radius 3 is 2.87 bits per heavy atom. The van der Waals surface area contributed by atoms with Gasteiger partial charge in [-0.15, -0.1) is 0 Å². The highest BCUT2D eigenvalue weighted by Gasteiger charge is 2.31. The molecule has 1 rings (SSSR count). The summed E-state index contributed by atoms with van der Waals surface area (Å²) in [6, 6.07) is -1.26. The highest BCUT2D eigenvalue weighted by atomic mass is 16.3. The van der Waals surface area contributed by atoms with Gasteiger partial charge in [0.1, 0.15) is 0 Å². The van der Waals surface area contributed by atoms with E-state index in [9.17, 15) is 9.59 Å². The number of nitrogens with one attached hydrogen (secondary N) is 1. The Kier molecular flexibility index (Phi) is 4.05. The van der Waals surface area contributed by atoms with Crippen LogP contribution in [0.3, 0.4) is 0 Å². The van der Waals surface area contributed by atoms with Crippen LogP contribution in [0, 0.1) is 0 Å². The van der Waals surface area contributed by atoms with Crippen molar-refractivity contribution in [2.24, 2.45) is 5.73 Å². The molecule has 0 aromatic carbocycles. The molecule has 2 atom stereocenters. The second-order valence-corrected chi connectivity index (χ2v) is 3.75. The van der Waals surface area contributed by atoms with Gasteiger partial charge in [0, 0.05) is 6.04 Å². The van der Waals surface area contributed by atoms with Crippen LogP contribution in [0.15, 0.2) is 0 Å². The quantitative estimate of drug-likeness (QED) is 0.564. The lowest BCUT2D eigenvalue weighted by atomic mass is 10.2. The molecule has 0 bridgehead atoms. The largest absolute Gasteiger partial charge is 0.395 e. The molecule has 1 aliphatic rings. The van der Waals surface area contributed by atoms with Gasteiger partial charge in [-0.05, 0) is 26.3 Å². The molecule has 1 aliphatic heterocycles. The van der Waals surface area contributed by atoms with Gasteiger partial charge in [-0.1, -0.05) is 0 Å². The Labute approximate surface area is 88.4 Å². The molecule has 0 aromatic rings. The van der Waals surface area contributed by atoms with Crippen LogP contribution in [0.1, 0.15) is 19.8 Å². The first kappa shape index (κ1) is 11.9. The number of nitrogens with zero attached hydrogens (tertiary/aromatic N) is 1. The van der Waals surface area contributed by atoms with E-state index in [0.29, 0.717) is 0 Å². The zero-order valence-corrected chi connectivity index (χ0v) is 8.77. The molecule has 1 unspecified atom stereocenters. The molecule has 0 saturated carbocycles. The highest BCUT2D eigenvalue weighted by molar-refractivity contribution is 5.96. The summed E-state index contributed by atoms with van der Waals surface area (Å²) >= 11 is 0. The van der Waals surface area contributed by atoms with Crippen LogP contribution in [0.25, 0.3) is 0 Å². The number of aliphatic hydroxyl groups is 1. The molecule has 0 spiro atoms. The number of hydrogen-bond acceptors (Lipinski definition) is 4. The summed E-state index contributed by atoms with van der Waals surface area (Å²) < 4.78 is 0. The monoisotopic (exact) mass is 215 g/mol. The summed E-state index contributed by atoms with van der Waals surface area (Å²) in [5.41, 5.74) is 4.86. The third-order valence-electron chi connectivity index (χ3n) is 2.76. The van der Waals surface area contributed by atoms with Crippen molar-refractivity contribution in [3.63, 3.8) is 0 Å². The maximum atomic E-state index is 11.5. The fourth-order valence-corrected chi connectivity index (χ4v) is 1.94. The topological polar surface area (TPSA) is 95.7 Å². The summed E-state index contributed by atoms with van der Waals surface area (Å²) in [5, 5.41) is 11.1. The Bertz CT molecular complexity index is 257. The number of urea groups is 1. The number of primary amides is 1. The van der Waals surface area contributed by atoms with Gasteiger partial charge in [0.05, 0.1) is 12.6 Å². The summed E-state index contributed by atoms with van der Waals surface area (Å²) in [7, 11) is 0. The van der Waals surface area contributed by atoms with Crippen LogP contribution in [0.5, 0.6) is 0 Å². The molecule has 1 saturated heterocycles. The van der Waals surface area contributed by atoms with Crippen LogP contribution in [-0.2, 0) is 4.79 Å². The van der Waals surface area contributed by atoms with E-state index in [-0.39, 0.29) is 12.6 Å². The molecule has 0 aromatic heterocycles. The number of imide groups is 1. The number of aliphatic hydroxyl groups excluding tert-OH is 1. The van der Waals surface area contributed by atoms with Gasteiger partial charge in [0.15, 0.2) is 0 Å². The molecule has 4 N–H and O–H groups in total. The van der Waals surface area contributed by atoms with E-state index in [1.807, 2.05) is 10.2 Å². The number of hydrogen-bond donors (Lipinski definition) is 3. The number of carbonyl (C=O) groups is 2. The second kappa shape index (κ2) is 5.09. The van der Waals surface area contributed by atoms with Crippen LogP contribution >= 0.6 is 0 Å². The van der Waals surface area contributed by atoms with Gasteiger partial charge < -0.3 is 10.8 Å². The van der Waals surface area contributed by atoms with Crippen molar-refractivity contribution in [2.45, 2.75) is 31.8 Å². The van der Waals surface area contributed by atoms with E-state index in [2.05, 4.69) is 0 Å². The van der Waals surface area contributed by atoms with Gasteiger partial charge >= 0.3 is 6.03 Å². The molecule has 0 radical (unpaired) electrons. The average molecular weight is 215 g/mol. The fraction of sp³-hybridized carbons (Fsp3) is 0.778. The van der Waals surface area contributed by atoms with E-state index >= 15 is 0 Å². The van der Waals surface area contributed by atoms with E-state index < -0.39 is 18.0 Å². The number of nitrogens with two attached hydrogens (primary N) is 1. The van der Waals surface area contributed by atoms with E-state index in [4.69, 9.17) is 10.8 Å². The molecule has 6 nitrogen and oxygen atoms in total. The second-order valence-electron chi connectivity index (χ2n) is 3.75. The van der Waals surface area contributed by atoms with Crippen molar-refractivity contribution in [1.29, 1.82) is 0 Å². The lowest BCUT2D eigenvalue weighted by Crippen LogP contribution is -2.50. The molecule has 86 valence electrons. The van der Waals surface area contributed by atoms with E-state index in [1.54, 1.807) is 6.92 Å². The van der Waals surface area contributed by atoms with Gasteiger partial charge in [0.25, 0.3) is 0 Å². The van der Waals surface area contributed by atoms with Crippen molar-refractivity contribution < 1.29 is 14.7 Å². The SMILES string of the molecule is CC(C(=O)NC(N)=O)N1CCC[C@H]1CO. The Balaban J connectivity index is 2.55. The lowest BCUT2D eigenvalue weighted by Gasteiger charge is -2.28. The zero-order valence-electron chi connectivity index (χ0n) is 8.77. The fourth-order valence-electron chi connectivity index (χ4n) is 1.94. The van der Waals surface area contributed by atoms with Crippen LogP contribution in [-0.4, -0.2) is 47.2 Å². The normalized spacial score (nSPS) is 23.7. The minimum absolute atomic E-state index is 0.0126. The number of rotatable bonds is 3. The molecule has 3 amide bonds. The van der Waals surface area contributed by atoms with Gasteiger partial charge in [-0.2, -0.15) is 0 Å². The van der Waals surface area contributed by atoms with Gasteiger partial charge in [-0.3, -0.25) is 15.0 Å². The van der Waals surface area contributed by atoms with Crippen molar-refractivity contribution in [3.05, 3.63) is 0 Å². The minimum atomic E-state index is -0.841. The van der Waals surface area contributed by atoms with Gasteiger partial charge in [0.2, 0.25) is 5.91 Å². The molecular weight excluding hydrogens is 198 g/mol. The van der Waals surface area contributed by atoms with Crippen LogP contribution < -0.4 is 11.1 Å². The molecular formula is C9H17N3O3. The molecule has 0 aliphatic carbocycles. The summed E-state index contributed by atoms with van der Waals surface area (Å²) in [6.45, 7) is 2.50. The van der Waals surface area contributed by atoms with Crippen LogP contribution in [0.4, 0.5) is 4.79 Å². The Morgan fingerprint density at radius 1 is 1.67 bits per heavy atom. The first-order valence-corrected chi connectivity index (χ1v) is 5.03. The number of carbonyl (C=O) groups excluding carboxylic acids is 2. The minimum Gasteiger partial charge on any atom is -0.395 e. The molecule has 1 fully saturated rings. The van der Waals surface area contributed by atoms with Crippen molar-refractivity contribution >= 4 is 11.9 Å². The molecule has 1 heterocycles. The maximum Gasteiger partial charge on any atom is 0.318 e. The third-order valence-corrected chi connectivity index (χ3v) is 2.76. The molecule has 6 heteroatoms. The van der Waals surface area contributed by atoms with Crippen molar-refractivity contribution in [3.8, 4) is 0 Å². The van der Waals surface area contributed by atoms with E-state index in [1.165, 1.54) is 0 Å². The van der Waals surface area contributed by atoms with Crippen molar-refractivity contribution in [1.82, 2.24) is 10.2 Å². The summed E-state index contributed by atoms with van der Waals surface area (Å²) in [5.74, 6) is -0.414. The lowest BCUT2D eigenvalue weighted by molar-refractivity contribution is -0.125. The smallest absolute Gasteiger partial charge is 0.318 e. The predicted molar refractivity (Wildman–Crippen MR) is 54.0 cm³/mol. The van der Waals surface area contributed by atoms with E-state index in [0.717, 1.165) is 19.4 Å². The maximum absolute atomic E-state index is 11.5. The summed E-state index contributed by atoms with van der Waals surface area (Å²) in [6.07, 6.45) is 1.84. The standard InChI is InChI=1S/C9H17N3O3/c1-6(8(14)11-9(10)15)12-4-2-3-7(12)5-13/h6-7,13H,2-5H2,1H3,(H3,10,11,14,15)/t6?,7-/m0/s1. The third kappa shape index (κ3) is 2.90. The first-order chi connectivity index (χ1) is 7.06. The number of amides is 3. The van der Waals surface area contributed by atoms with Crippen molar-refractivity contribution in [2.75, 3.05) is 13.2 Å². The Morgan fingerprint density at radius 2 is 2.33 bits per heavy atom.